The number of ether oxygens (including phenoxy) is 2. The first-order valence-electron chi connectivity index (χ1n) is 7.46. The Balaban J connectivity index is 1.54. The Kier molecular flexibility index (Phi) is 5.47. The van der Waals surface area contributed by atoms with E-state index in [1.807, 2.05) is 24.3 Å². The molecular weight excluding hydrogens is 398 g/mol. The van der Waals surface area contributed by atoms with Crippen LogP contribution in [0.5, 0.6) is 5.75 Å². The summed E-state index contributed by atoms with van der Waals surface area (Å²) in [6.07, 6.45) is 0. The Hall–Kier alpha value is -2.13. The van der Waals surface area contributed by atoms with Crippen LogP contribution in [0, 0.1) is 0 Å². The molecule has 1 heterocycles. The molecule has 26 heavy (non-hydrogen) atoms. The summed E-state index contributed by atoms with van der Waals surface area (Å²) in [7, 11) is -3.74. The first-order valence-corrected chi connectivity index (χ1v) is 10.2. The van der Waals surface area contributed by atoms with E-state index in [9.17, 15) is 13.2 Å². The van der Waals surface area contributed by atoms with Gasteiger partial charge in [0.15, 0.2) is 0 Å². The molecule has 136 valence electrons. The number of thiophene rings is 1. The largest absolute Gasteiger partial charge is 0.490 e. The van der Waals surface area contributed by atoms with Gasteiger partial charge in [0.1, 0.15) is 23.8 Å². The van der Waals surface area contributed by atoms with Gasteiger partial charge in [-0.1, -0.05) is 29.8 Å². The minimum absolute atomic E-state index is 0.00400. The number of benzene rings is 2. The summed E-state index contributed by atoms with van der Waals surface area (Å²) in [6.45, 7) is 0.142. The van der Waals surface area contributed by atoms with Crippen LogP contribution >= 0.6 is 22.9 Å². The molecule has 0 aliphatic rings. The number of halogens is 1. The predicted octanol–water partition coefficient (Wildman–Crippen LogP) is 3.44. The van der Waals surface area contributed by atoms with Crippen LogP contribution in [0.2, 0.25) is 5.02 Å². The number of nitrogens with two attached hydrogens (primary N) is 1. The summed E-state index contributed by atoms with van der Waals surface area (Å²) in [5.74, 6) is -0.0716. The number of hydrogen-bond donors (Lipinski definition) is 1. The van der Waals surface area contributed by atoms with Gasteiger partial charge in [0.2, 0.25) is 10.0 Å². The molecule has 6 nitrogen and oxygen atoms in total. The van der Waals surface area contributed by atoms with Gasteiger partial charge in [-0.25, -0.2) is 18.4 Å². The summed E-state index contributed by atoms with van der Waals surface area (Å²) in [4.78, 5) is 12.5. The average molecular weight is 412 g/mol. The zero-order chi connectivity index (χ0) is 18.7. The van der Waals surface area contributed by atoms with E-state index < -0.39 is 16.0 Å². The van der Waals surface area contributed by atoms with Crippen molar-refractivity contribution in [2.75, 3.05) is 13.2 Å². The first-order chi connectivity index (χ1) is 12.4. The van der Waals surface area contributed by atoms with Crippen molar-refractivity contribution in [1.29, 1.82) is 0 Å². The van der Waals surface area contributed by atoms with Crippen LogP contribution in [-0.4, -0.2) is 27.6 Å². The number of sulfonamides is 1. The van der Waals surface area contributed by atoms with Crippen LogP contribution in [0.15, 0.2) is 53.4 Å². The molecule has 2 N–H and O–H groups in total. The van der Waals surface area contributed by atoms with Crippen molar-refractivity contribution in [2.45, 2.75) is 4.90 Å². The normalized spacial score (nSPS) is 11.5. The molecule has 9 heteroatoms. The zero-order valence-electron chi connectivity index (χ0n) is 13.3. The average Bonchev–Trinajstić information content (AvgIpc) is 2.95. The van der Waals surface area contributed by atoms with Crippen LogP contribution < -0.4 is 9.88 Å². The zero-order valence-corrected chi connectivity index (χ0v) is 15.7. The second-order valence-electron chi connectivity index (χ2n) is 5.24. The van der Waals surface area contributed by atoms with Gasteiger partial charge >= 0.3 is 5.97 Å². The van der Waals surface area contributed by atoms with Crippen molar-refractivity contribution in [2.24, 2.45) is 5.14 Å². The Morgan fingerprint density at radius 2 is 1.77 bits per heavy atom. The van der Waals surface area contributed by atoms with E-state index in [-0.39, 0.29) is 18.1 Å². The fraction of sp³-hybridized carbons (Fsp3) is 0.118. The summed E-state index contributed by atoms with van der Waals surface area (Å²) >= 11 is 7.51. The van der Waals surface area contributed by atoms with Gasteiger partial charge in [0.25, 0.3) is 0 Å². The quantitative estimate of drug-likeness (QED) is 0.495. The number of hydrogen-bond acceptors (Lipinski definition) is 6. The van der Waals surface area contributed by atoms with Gasteiger partial charge in [-0.3, -0.25) is 0 Å². The van der Waals surface area contributed by atoms with Gasteiger partial charge in [-0.05, 0) is 30.3 Å². The van der Waals surface area contributed by atoms with Crippen molar-refractivity contribution >= 4 is 49.0 Å². The van der Waals surface area contributed by atoms with Crippen LogP contribution in [0.25, 0.3) is 10.1 Å². The second kappa shape index (κ2) is 7.63. The van der Waals surface area contributed by atoms with E-state index in [2.05, 4.69) is 0 Å². The van der Waals surface area contributed by atoms with Crippen LogP contribution in [0.4, 0.5) is 0 Å². The Morgan fingerprint density at radius 1 is 1.08 bits per heavy atom. The van der Waals surface area contributed by atoms with E-state index in [1.54, 1.807) is 0 Å². The Morgan fingerprint density at radius 3 is 2.42 bits per heavy atom. The lowest BCUT2D eigenvalue weighted by molar-refractivity contribution is 0.0456. The molecule has 1 aromatic heterocycles. The maximum Gasteiger partial charge on any atom is 0.350 e. The van der Waals surface area contributed by atoms with E-state index in [1.165, 1.54) is 35.6 Å². The van der Waals surface area contributed by atoms with Gasteiger partial charge in [0.05, 0.1) is 9.92 Å². The molecule has 0 bridgehead atoms. The molecule has 0 atom stereocenters. The van der Waals surface area contributed by atoms with E-state index in [4.69, 9.17) is 26.2 Å². The van der Waals surface area contributed by atoms with Crippen LogP contribution in [0.3, 0.4) is 0 Å². The third kappa shape index (κ3) is 4.16. The number of carbonyl (C=O) groups is 1. The smallest absolute Gasteiger partial charge is 0.350 e. The molecule has 0 unspecified atom stereocenters. The Labute approximate surface area is 159 Å². The monoisotopic (exact) mass is 411 g/mol. The van der Waals surface area contributed by atoms with E-state index in [0.717, 1.165) is 10.1 Å². The van der Waals surface area contributed by atoms with Gasteiger partial charge in [0, 0.05) is 10.1 Å². The Bertz CT molecular complexity index is 1040. The lowest BCUT2D eigenvalue weighted by Gasteiger charge is -2.07. The number of fused-ring (bicyclic) bond motifs is 1. The first kappa shape index (κ1) is 18.7. The highest BCUT2D eigenvalue weighted by Gasteiger charge is 2.18. The molecule has 0 saturated heterocycles. The van der Waals surface area contributed by atoms with Crippen LogP contribution in [0.1, 0.15) is 9.67 Å². The van der Waals surface area contributed by atoms with Crippen molar-refractivity contribution in [3.63, 3.8) is 0 Å². The number of carbonyl (C=O) groups excluding carboxylic acids is 1. The highest BCUT2D eigenvalue weighted by molar-refractivity contribution is 7.89. The summed E-state index contributed by atoms with van der Waals surface area (Å²) in [5.41, 5.74) is 0. The maximum absolute atomic E-state index is 12.2. The molecule has 0 spiro atoms. The maximum atomic E-state index is 12.2. The third-order valence-corrected chi connectivity index (χ3v) is 6.04. The minimum atomic E-state index is -3.74. The molecule has 3 rings (SSSR count). The molecule has 0 aliphatic heterocycles. The van der Waals surface area contributed by atoms with Crippen molar-refractivity contribution < 1.29 is 22.7 Å². The minimum Gasteiger partial charge on any atom is -0.490 e. The van der Waals surface area contributed by atoms with E-state index in [0.29, 0.717) is 15.6 Å². The van der Waals surface area contributed by atoms with Gasteiger partial charge in [-0.2, -0.15) is 0 Å². The van der Waals surface area contributed by atoms with Crippen molar-refractivity contribution in [3.05, 3.63) is 58.4 Å². The fourth-order valence-corrected chi connectivity index (χ4v) is 4.15. The number of rotatable bonds is 6. The lowest BCUT2D eigenvalue weighted by atomic mass is 10.2. The predicted molar refractivity (Wildman–Crippen MR) is 100 cm³/mol. The summed E-state index contributed by atoms with van der Waals surface area (Å²) in [5, 5.41) is 6.22. The summed E-state index contributed by atoms with van der Waals surface area (Å²) < 4.78 is 33.9. The molecule has 0 saturated carbocycles. The second-order valence-corrected chi connectivity index (χ2v) is 8.23. The molecule has 2 aromatic carbocycles. The highest BCUT2D eigenvalue weighted by atomic mass is 35.5. The summed E-state index contributed by atoms with van der Waals surface area (Å²) in [6, 6.07) is 13.1. The molecule has 0 radical (unpaired) electrons. The SMILES string of the molecule is NS(=O)(=O)c1ccc(OCCOC(=O)c2sc3ccccc3c2Cl)cc1. The number of primary sulfonamides is 1. The van der Waals surface area contributed by atoms with Gasteiger partial charge < -0.3 is 9.47 Å². The lowest BCUT2D eigenvalue weighted by Crippen LogP contribution is -2.13. The molecule has 0 fully saturated rings. The molecule has 0 amide bonds. The molecule has 0 aliphatic carbocycles. The fourth-order valence-electron chi connectivity index (χ4n) is 2.23. The van der Waals surface area contributed by atoms with Crippen molar-refractivity contribution in [1.82, 2.24) is 0 Å². The molecular formula is C17H14ClNO5S2. The third-order valence-electron chi connectivity index (χ3n) is 3.46. The van der Waals surface area contributed by atoms with Crippen molar-refractivity contribution in [3.8, 4) is 5.75 Å². The van der Waals surface area contributed by atoms with Crippen LogP contribution in [-0.2, 0) is 14.8 Å². The number of esters is 1. The topological polar surface area (TPSA) is 95.7 Å². The highest BCUT2D eigenvalue weighted by Crippen LogP contribution is 2.35. The molecule has 3 aromatic rings. The standard InChI is InChI=1S/C17H14ClNO5S2/c18-15-13-3-1-2-4-14(13)25-16(15)17(20)24-10-9-23-11-5-7-12(8-6-11)26(19,21)22/h1-8H,9-10H2,(H2,19,21,22). The van der Waals surface area contributed by atoms with E-state index >= 15 is 0 Å². The van der Waals surface area contributed by atoms with Gasteiger partial charge in [-0.15, -0.1) is 11.3 Å².